The Labute approximate surface area is 89.3 Å². The molecule has 0 saturated carbocycles. The molecule has 1 aliphatic heterocycles. The standard InChI is InChI=1S/C7H10N4O3S/c8-4-1-9-11(7(13)10-4)5-3-15-6(2-12)14-5/h1,5-6,12H,2-3H2,(H2,8,10,13)/t5-,6-/m1/s1. The van der Waals surface area contributed by atoms with Crippen molar-refractivity contribution in [2.45, 2.75) is 11.7 Å². The molecule has 1 saturated heterocycles. The van der Waals surface area contributed by atoms with Crippen molar-refractivity contribution in [1.29, 1.82) is 0 Å². The number of aromatic nitrogens is 3. The second kappa shape index (κ2) is 4.17. The lowest BCUT2D eigenvalue weighted by Crippen LogP contribution is -2.31. The van der Waals surface area contributed by atoms with Crippen LogP contribution < -0.4 is 11.4 Å². The molecule has 0 bridgehead atoms. The van der Waals surface area contributed by atoms with Gasteiger partial charge in [-0.05, 0) is 0 Å². The summed E-state index contributed by atoms with van der Waals surface area (Å²) in [5, 5.41) is 12.7. The highest BCUT2D eigenvalue weighted by Gasteiger charge is 2.28. The first-order chi connectivity index (χ1) is 7.20. The third-order valence-corrected chi connectivity index (χ3v) is 3.00. The number of nitrogens with zero attached hydrogens (tertiary/aromatic N) is 3. The fourth-order valence-corrected chi connectivity index (χ4v) is 2.14. The van der Waals surface area contributed by atoms with E-state index in [0.717, 1.165) is 4.68 Å². The summed E-state index contributed by atoms with van der Waals surface area (Å²) < 4.78 is 6.47. The van der Waals surface area contributed by atoms with Crippen LogP contribution in [0.3, 0.4) is 0 Å². The molecule has 2 heterocycles. The summed E-state index contributed by atoms with van der Waals surface area (Å²) in [6, 6.07) is 0. The van der Waals surface area contributed by atoms with Crippen LogP contribution in [0.15, 0.2) is 11.0 Å². The van der Waals surface area contributed by atoms with Crippen molar-refractivity contribution in [3.05, 3.63) is 16.7 Å². The Morgan fingerprint density at radius 1 is 1.80 bits per heavy atom. The van der Waals surface area contributed by atoms with E-state index in [1.165, 1.54) is 18.0 Å². The number of aliphatic hydroxyl groups is 1. The Morgan fingerprint density at radius 3 is 3.20 bits per heavy atom. The number of hydrogen-bond donors (Lipinski definition) is 2. The molecule has 1 fully saturated rings. The van der Waals surface area contributed by atoms with Gasteiger partial charge in [0.25, 0.3) is 0 Å². The zero-order chi connectivity index (χ0) is 10.8. The zero-order valence-electron chi connectivity index (χ0n) is 7.74. The smallest absolute Gasteiger partial charge is 0.368 e. The third-order valence-electron chi connectivity index (χ3n) is 1.89. The summed E-state index contributed by atoms with van der Waals surface area (Å²) in [7, 11) is 0. The van der Waals surface area contributed by atoms with Crippen LogP contribution in [-0.4, -0.2) is 37.7 Å². The fourth-order valence-electron chi connectivity index (χ4n) is 1.23. The molecule has 1 aromatic heterocycles. The van der Waals surface area contributed by atoms with Gasteiger partial charge >= 0.3 is 5.69 Å². The lowest BCUT2D eigenvalue weighted by molar-refractivity contribution is -0.0139. The van der Waals surface area contributed by atoms with Gasteiger partial charge in [0.2, 0.25) is 0 Å². The van der Waals surface area contributed by atoms with Gasteiger partial charge in [-0.1, -0.05) is 0 Å². The van der Waals surface area contributed by atoms with Crippen LogP contribution in [-0.2, 0) is 4.74 Å². The Hall–Kier alpha value is -1.12. The van der Waals surface area contributed by atoms with Gasteiger partial charge in [-0.25, -0.2) is 4.79 Å². The fraction of sp³-hybridized carbons (Fsp3) is 0.571. The van der Waals surface area contributed by atoms with E-state index in [1.807, 2.05) is 0 Å². The van der Waals surface area contributed by atoms with Crippen molar-refractivity contribution in [2.24, 2.45) is 0 Å². The number of nitrogens with two attached hydrogens (primary N) is 1. The van der Waals surface area contributed by atoms with Crippen LogP contribution >= 0.6 is 11.8 Å². The lowest BCUT2D eigenvalue weighted by Gasteiger charge is -2.11. The minimum Gasteiger partial charge on any atom is -0.393 e. The van der Waals surface area contributed by atoms with Crippen LogP contribution in [0.4, 0.5) is 5.82 Å². The number of anilines is 1. The van der Waals surface area contributed by atoms with Crippen LogP contribution in [0.5, 0.6) is 0 Å². The molecule has 8 heteroatoms. The number of rotatable bonds is 2. The van der Waals surface area contributed by atoms with Gasteiger partial charge in [0, 0.05) is 5.75 Å². The van der Waals surface area contributed by atoms with Crippen molar-refractivity contribution >= 4 is 17.6 Å². The van der Waals surface area contributed by atoms with E-state index in [2.05, 4.69) is 10.1 Å². The Balaban J connectivity index is 2.20. The highest BCUT2D eigenvalue weighted by atomic mass is 32.2. The highest BCUT2D eigenvalue weighted by molar-refractivity contribution is 8.00. The first-order valence-corrected chi connectivity index (χ1v) is 5.35. The lowest BCUT2D eigenvalue weighted by atomic mass is 10.6. The van der Waals surface area contributed by atoms with E-state index in [0.29, 0.717) is 5.75 Å². The van der Waals surface area contributed by atoms with Crippen LogP contribution in [0.25, 0.3) is 0 Å². The summed E-state index contributed by atoms with van der Waals surface area (Å²) in [5.74, 6) is 0.643. The predicted molar refractivity (Wildman–Crippen MR) is 54.2 cm³/mol. The number of aliphatic hydroxyl groups excluding tert-OH is 1. The second-order valence-electron chi connectivity index (χ2n) is 2.94. The van der Waals surface area contributed by atoms with Gasteiger partial charge in [0.1, 0.15) is 11.3 Å². The van der Waals surface area contributed by atoms with Crippen molar-refractivity contribution in [2.75, 3.05) is 18.1 Å². The first kappa shape index (κ1) is 10.4. The topological polar surface area (TPSA) is 103 Å². The molecule has 0 unspecified atom stereocenters. The van der Waals surface area contributed by atoms with Crippen molar-refractivity contribution < 1.29 is 9.84 Å². The SMILES string of the molecule is Nc1cnn([C@H]2CS[C@H](CO)O2)c(=O)n1. The molecular formula is C7H10N4O3S. The monoisotopic (exact) mass is 230 g/mol. The van der Waals surface area contributed by atoms with E-state index in [4.69, 9.17) is 15.6 Å². The van der Waals surface area contributed by atoms with E-state index < -0.39 is 11.9 Å². The highest BCUT2D eigenvalue weighted by Crippen LogP contribution is 2.29. The van der Waals surface area contributed by atoms with E-state index >= 15 is 0 Å². The number of thioether (sulfide) groups is 1. The largest absolute Gasteiger partial charge is 0.393 e. The molecule has 0 aliphatic carbocycles. The number of hydrogen-bond acceptors (Lipinski definition) is 7. The van der Waals surface area contributed by atoms with Gasteiger partial charge in [0.15, 0.2) is 6.23 Å². The minimum absolute atomic E-state index is 0.0839. The molecule has 1 aromatic rings. The van der Waals surface area contributed by atoms with Crippen molar-refractivity contribution in [3.63, 3.8) is 0 Å². The van der Waals surface area contributed by atoms with Gasteiger partial charge in [-0.2, -0.15) is 14.8 Å². The quantitative estimate of drug-likeness (QED) is 0.657. The molecule has 0 amide bonds. The third kappa shape index (κ3) is 2.11. The molecule has 7 nitrogen and oxygen atoms in total. The number of ether oxygens (including phenoxy) is 1. The van der Waals surface area contributed by atoms with E-state index in [9.17, 15) is 4.79 Å². The Morgan fingerprint density at radius 2 is 2.60 bits per heavy atom. The van der Waals surface area contributed by atoms with Gasteiger partial charge in [-0.15, -0.1) is 11.8 Å². The van der Waals surface area contributed by atoms with Crippen molar-refractivity contribution in [1.82, 2.24) is 14.8 Å². The molecule has 15 heavy (non-hydrogen) atoms. The molecule has 0 aromatic carbocycles. The molecule has 2 atom stereocenters. The molecular weight excluding hydrogens is 220 g/mol. The summed E-state index contributed by atoms with van der Waals surface area (Å²) >= 11 is 1.43. The Kier molecular flexibility index (Phi) is 2.89. The average molecular weight is 230 g/mol. The maximum absolute atomic E-state index is 11.4. The predicted octanol–water partition coefficient (Wildman–Crippen LogP) is -1.20. The van der Waals surface area contributed by atoms with E-state index in [-0.39, 0.29) is 17.9 Å². The average Bonchev–Trinajstić information content (AvgIpc) is 2.66. The Bertz CT molecular complexity index is 409. The molecule has 2 rings (SSSR count). The van der Waals surface area contributed by atoms with Crippen LogP contribution in [0, 0.1) is 0 Å². The zero-order valence-corrected chi connectivity index (χ0v) is 8.55. The maximum Gasteiger partial charge on any atom is 0.368 e. The van der Waals surface area contributed by atoms with E-state index in [1.54, 1.807) is 0 Å². The molecule has 0 radical (unpaired) electrons. The number of nitrogen functional groups attached to an aromatic ring is 1. The molecule has 1 aliphatic rings. The summed E-state index contributed by atoms with van der Waals surface area (Å²) in [5.41, 5.74) is 4.46. The normalized spacial score (nSPS) is 25.7. The molecule has 3 N–H and O–H groups in total. The minimum atomic E-state index is -0.542. The van der Waals surface area contributed by atoms with Crippen LogP contribution in [0.2, 0.25) is 0 Å². The summed E-state index contributed by atoms with van der Waals surface area (Å²) in [6.07, 6.45) is 0.814. The first-order valence-electron chi connectivity index (χ1n) is 4.30. The summed E-state index contributed by atoms with van der Waals surface area (Å²) in [4.78, 5) is 14.9. The summed E-state index contributed by atoms with van der Waals surface area (Å²) in [6.45, 7) is -0.0850. The molecule has 82 valence electrons. The van der Waals surface area contributed by atoms with Crippen molar-refractivity contribution in [3.8, 4) is 0 Å². The molecule has 0 spiro atoms. The maximum atomic E-state index is 11.4. The van der Waals surface area contributed by atoms with Gasteiger partial charge in [0.05, 0.1) is 12.8 Å². The van der Waals surface area contributed by atoms with Gasteiger partial charge in [-0.3, -0.25) is 0 Å². The van der Waals surface area contributed by atoms with Gasteiger partial charge < -0.3 is 15.6 Å². The van der Waals surface area contributed by atoms with Crippen LogP contribution in [0.1, 0.15) is 6.23 Å². The second-order valence-corrected chi connectivity index (χ2v) is 4.14.